The SMILES string of the molecule is N.NNc1ccccc1N=O. The molecular formula is C6H10N4O. The molecule has 5 heteroatoms. The lowest BCUT2D eigenvalue weighted by Gasteiger charge is -1.98. The van der Waals surface area contributed by atoms with Crippen molar-refractivity contribution in [3.63, 3.8) is 0 Å². The first-order valence-corrected chi connectivity index (χ1v) is 2.77. The molecule has 0 fully saturated rings. The number of nitrogens with zero attached hydrogens (tertiary/aromatic N) is 1. The van der Waals surface area contributed by atoms with Crippen LogP contribution in [0.3, 0.4) is 0 Å². The monoisotopic (exact) mass is 154 g/mol. The molecule has 0 atom stereocenters. The van der Waals surface area contributed by atoms with Crippen LogP contribution in [0, 0.1) is 4.91 Å². The number of nitroso groups, excluding NO2 is 1. The molecule has 6 N–H and O–H groups in total. The molecule has 0 aliphatic rings. The summed E-state index contributed by atoms with van der Waals surface area (Å²) in [4.78, 5) is 10.0. The van der Waals surface area contributed by atoms with Crippen LogP contribution in [-0.4, -0.2) is 0 Å². The summed E-state index contributed by atoms with van der Waals surface area (Å²) in [6, 6.07) is 6.75. The molecule has 0 aliphatic heterocycles. The third kappa shape index (κ3) is 1.99. The van der Waals surface area contributed by atoms with Crippen LogP contribution in [-0.2, 0) is 0 Å². The van der Waals surface area contributed by atoms with Gasteiger partial charge >= 0.3 is 0 Å². The number of benzene rings is 1. The Morgan fingerprint density at radius 2 is 2.00 bits per heavy atom. The Kier molecular flexibility index (Phi) is 3.79. The Morgan fingerprint density at radius 3 is 2.45 bits per heavy atom. The number of nitrogen functional groups attached to an aromatic ring is 1. The lowest BCUT2D eigenvalue weighted by atomic mass is 10.3. The van der Waals surface area contributed by atoms with Gasteiger partial charge < -0.3 is 11.6 Å². The minimum Gasteiger partial charge on any atom is -0.344 e. The fourth-order valence-corrected chi connectivity index (χ4v) is 0.675. The van der Waals surface area contributed by atoms with Gasteiger partial charge in [-0.3, -0.25) is 5.84 Å². The van der Waals surface area contributed by atoms with E-state index in [4.69, 9.17) is 5.84 Å². The zero-order chi connectivity index (χ0) is 7.40. The fourth-order valence-electron chi connectivity index (χ4n) is 0.675. The first-order chi connectivity index (χ1) is 4.88. The molecule has 0 bridgehead atoms. The number of hydrazine groups is 1. The van der Waals surface area contributed by atoms with Gasteiger partial charge in [0.15, 0.2) is 0 Å². The predicted molar refractivity (Wildman–Crippen MR) is 44.7 cm³/mol. The molecule has 11 heavy (non-hydrogen) atoms. The summed E-state index contributed by atoms with van der Waals surface area (Å²) in [5, 5.41) is 2.75. The number of hydrogen-bond acceptors (Lipinski definition) is 5. The first kappa shape index (κ1) is 9.54. The molecule has 0 heterocycles. The highest BCUT2D eigenvalue weighted by atomic mass is 16.3. The smallest absolute Gasteiger partial charge is 0.132 e. The van der Waals surface area contributed by atoms with Crippen molar-refractivity contribution in [2.75, 3.05) is 5.43 Å². The maximum atomic E-state index is 10.0. The largest absolute Gasteiger partial charge is 0.344 e. The second-order valence-corrected chi connectivity index (χ2v) is 1.75. The Balaban J connectivity index is 0.000001000. The molecule has 0 radical (unpaired) electrons. The van der Waals surface area contributed by atoms with Crippen molar-refractivity contribution < 1.29 is 0 Å². The Morgan fingerprint density at radius 1 is 1.36 bits per heavy atom. The highest BCUT2D eigenvalue weighted by molar-refractivity contribution is 5.64. The third-order valence-electron chi connectivity index (χ3n) is 1.16. The van der Waals surface area contributed by atoms with Gasteiger partial charge in [0, 0.05) is 0 Å². The molecule has 60 valence electrons. The van der Waals surface area contributed by atoms with Crippen LogP contribution < -0.4 is 17.4 Å². The first-order valence-electron chi connectivity index (χ1n) is 2.77. The average Bonchev–Trinajstić information content (AvgIpc) is 2.04. The minimum absolute atomic E-state index is 0. The van der Waals surface area contributed by atoms with Gasteiger partial charge in [0.2, 0.25) is 0 Å². The van der Waals surface area contributed by atoms with E-state index in [0.29, 0.717) is 11.4 Å². The topological polar surface area (TPSA) is 102 Å². The average molecular weight is 154 g/mol. The van der Waals surface area contributed by atoms with Gasteiger partial charge in [-0.05, 0) is 17.3 Å². The lowest BCUT2D eigenvalue weighted by molar-refractivity contribution is 1.33. The highest BCUT2D eigenvalue weighted by Crippen LogP contribution is 2.21. The summed E-state index contributed by atoms with van der Waals surface area (Å²) in [6.07, 6.45) is 0. The van der Waals surface area contributed by atoms with E-state index in [9.17, 15) is 4.91 Å². The van der Waals surface area contributed by atoms with Crippen molar-refractivity contribution in [1.82, 2.24) is 6.15 Å². The van der Waals surface area contributed by atoms with Crippen molar-refractivity contribution in [1.29, 1.82) is 0 Å². The lowest BCUT2D eigenvalue weighted by Crippen LogP contribution is -2.06. The van der Waals surface area contributed by atoms with E-state index in [2.05, 4.69) is 10.6 Å². The summed E-state index contributed by atoms with van der Waals surface area (Å²) in [5.74, 6) is 5.08. The molecule has 1 aromatic carbocycles. The Hall–Kier alpha value is -1.46. The maximum absolute atomic E-state index is 10.0. The van der Waals surface area contributed by atoms with E-state index in [1.54, 1.807) is 24.3 Å². The molecule has 0 saturated carbocycles. The van der Waals surface area contributed by atoms with Gasteiger partial charge in [-0.2, -0.15) is 0 Å². The molecule has 5 nitrogen and oxygen atoms in total. The Labute approximate surface area is 64.1 Å². The van der Waals surface area contributed by atoms with Crippen LogP contribution >= 0.6 is 0 Å². The zero-order valence-electron chi connectivity index (χ0n) is 5.95. The second kappa shape index (κ2) is 4.37. The van der Waals surface area contributed by atoms with Crippen molar-refractivity contribution in [3.8, 4) is 0 Å². The van der Waals surface area contributed by atoms with E-state index in [0.717, 1.165) is 0 Å². The number of nitrogens with two attached hydrogens (primary N) is 1. The molecule has 0 aromatic heterocycles. The van der Waals surface area contributed by atoms with Crippen LogP contribution in [0.4, 0.5) is 11.4 Å². The quantitative estimate of drug-likeness (QED) is 0.341. The van der Waals surface area contributed by atoms with E-state index < -0.39 is 0 Å². The number of hydrogen-bond donors (Lipinski definition) is 3. The molecule has 0 spiro atoms. The highest BCUT2D eigenvalue weighted by Gasteiger charge is 1.96. The van der Waals surface area contributed by atoms with Gasteiger partial charge in [-0.1, -0.05) is 12.1 Å². The fraction of sp³-hybridized carbons (Fsp3) is 0. The van der Waals surface area contributed by atoms with Crippen LogP contribution in [0.15, 0.2) is 29.4 Å². The number of anilines is 1. The molecule has 1 aromatic rings. The van der Waals surface area contributed by atoms with Crippen LogP contribution in [0.1, 0.15) is 0 Å². The van der Waals surface area contributed by atoms with Gasteiger partial charge in [0.1, 0.15) is 5.69 Å². The van der Waals surface area contributed by atoms with Crippen molar-refractivity contribution in [2.45, 2.75) is 0 Å². The molecule has 0 aliphatic carbocycles. The Bertz CT molecular complexity index is 238. The van der Waals surface area contributed by atoms with Crippen LogP contribution in [0.25, 0.3) is 0 Å². The van der Waals surface area contributed by atoms with E-state index in [1.165, 1.54) is 0 Å². The molecular weight excluding hydrogens is 144 g/mol. The molecule has 0 saturated heterocycles. The van der Waals surface area contributed by atoms with Gasteiger partial charge in [0.05, 0.1) is 5.69 Å². The summed E-state index contributed by atoms with van der Waals surface area (Å²) < 4.78 is 0. The van der Waals surface area contributed by atoms with Gasteiger partial charge in [0.25, 0.3) is 0 Å². The van der Waals surface area contributed by atoms with Crippen molar-refractivity contribution >= 4 is 11.4 Å². The predicted octanol–water partition coefficient (Wildman–Crippen LogP) is 1.53. The zero-order valence-corrected chi connectivity index (χ0v) is 5.95. The molecule has 0 unspecified atom stereocenters. The number of para-hydroxylation sites is 1. The molecule has 1 rings (SSSR count). The van der Waals surface area contributed by atoms with Crippen LogP contribution in [0.2, 0.25) is 0 Å². The summed E-state index contributed by atoms with van der Waals surface area (Å²) in [5.41, 5.74) is 3.22. The van der Waals surface area contributed by atoms with Gasteiger partial charge in [-0.25, -0.2) is 0 Å². The standard InChI is InChI=1S/C6H7N3O.H3N/c7-8-5-3-1-2-4-6(5)9-10;/h1-4,8H,7H2;1H3. The minimum atomic E-state index is 0. The van der Waals surface area contributed by atoms with Crippen molar-refractivity contribution in [3.05, 3.63) is 29.2 Å². The van der Waals surface area contributed by atoms with E-state index >= 15 is 0 Å². The van der Waals surface area contributed by atoms with Crippen molar-refractivity contribution in [2.24, 2.45) is 11.0 Å². The molecule has 0 amide bonds. The maximum Gasteiger partial charge on any atom is 0.132 e. The number of rotatable bonds is 2. The number of nitrogens with one attached hydrogen (secondary N) is 1. The van der Waals surface area contributed by atoms with Gasteiger partial charge in [-0.15, -0.1) is 4.91 Å². The second-order valence-electron chi connectivity index (χ2n) is 1.75. The summed E-state index contributed by atoms with van der Waals surface area (Å²) in [7, 11) is 0. The van der Waals surface area contributed by atoms with E-state index in [1.807, 2.05) is 0 Å². The normalized spacial score (nSPS) is 8.09. The summed E-state index contributed by atoms with van der Waals surface area (Å²) in [6.45, 7) is 0. The third-order valence-corrected chi connectivity index (χ3v) is 1.16. The summed E-state index contributed by atoms with van der Waals surface area (Å²) >= 11 is 0. The van der Waals surface area contributed by atoms with Crippen LogP contribution in [0.5, 0.6) is 0 Å². The van der Waals surface area contributed by atoms with E-state index in [-0.39, 0.29) is 6.15 Å².